The van der Waals surface area contributed by atoms with Crippen LogP contribution in [0.3, 0.4) is 0 Å². The van der Waals surface area contributed by atoms with Gasteiger partial charge in [0.1, 0.15) is 5.82 Å². The fourth-order valence-electron chi connectivity index (χ4n) is 2.11. The summed E-state index contributed by atoms with van der Waals surface area (Å²) in [5.41, 5.74) is 0.717. The maximum atomic E-state index is 12.0. The molecular formula is C15H23N3O. The average Bonchev–Trinajstić information content (AvgIpc) is 3.22. The lowest BCUT2D eigenvalue weighted by atomic mass is 10.2. The van der Waals surface area contributed by atoms with Gasteiger partial charge in [-0.2, -0.15) is 0 Å². The minimum absolute atomic E-state index is 0.0269. The Morgan fingerprint density at radius 3 is 2.63 bits per heavy atom. The predicted molar refractivity (Wildman–Crippen MR) is 77.5 cm³/mol. The first-order valence-corrected chi connectivity index (χ1v) is 7.26. The van der Waals surface area contributed by atoms with Crippen molar-refractivity contribution >= 4 is 11.7 Å². The summed E-state index contributed by atoms with van der Waals surface area (Å²) in [6, 6.07) is 4.09. The summed E-state index contributed by atoms with van der Waals surface area (Å²) in [6.45, 7) is 6.28. The summed E-state index contributed by atoms with van der Waals surface area (Å²) in [4.78, 5) is 18.7. The highest BCUT2D eigenvalue weighted by Crippen LogP contribution is 2.20. The lowest BCUT2D eigenvalue weighted by molar-refractivity contribution is 0.0951. The van der Waals surface area contributed by atoms with Crippen molar-refractivity contribution in [3.63, 3.8) is 0 Å². The van der Waals surface area contributed by atoms with Crippen LogP contribution in [0.2, 0.25) is 0 Å². The molecule has 4 nitrogen and oxygen atoms in total. The van der Waals surface area contributed by atoms with Gasteiger partial charge < -0.3 is 10.2 Å². The van der Waals surface area contributed by atoms with Crippen molar-refractivity contribution in [2.24, 2.45) is 0 Å². The number of anilines is 1. The zero-order chi connectivity index (χ0) is 13.7. The Kier molecular flexibility index (Phi) is 4.77. The quantitative estimate of drug-likeness (QED) is 0.820. The van der Waals surface area contributed by atoms with Crippen LogP contribution in [0, 0.1) is 0 Å². The molecule has 104 valence electrons. The number of amides is 1. The van der Waals surface area contributed by atoms with Crippen LogP contribution in [0.1, 0.15) is 49.9 Å². The van der Waals surface area contributed by atoms with Crippen LogP contribution >= 0.6 is 0 Å². The smallest absolute Gasteiger partial charge is 0.251 e. The molecule has 2 rings (SSSR count). The Bertz CT molecular complexity index is 423. The second kappa shape index (κ2) is 6.55. The summed E-state index contributed by atoms with van der Waals surface area (Å²) < 4.78 is 0. The number of hydrogen-bond donors (Lipinski definition) is 1. The lowest BCUT2D eigenvalue weighted by Gasteiger charge is -2.22. The largest absolute Gasteiger partial charge is 0.357 e. The number of aromatic nitrogens is 1. The molecule has 1 fully saturated rings. The zero-order valence-corrected chi connectivity index (χ0v) is 11.9. The van der Waals surface area contributed by atoms with Crippen LogP contribution in [0.15, 0.2) is 18.3 Å². The second-order valence-corrected chi connectivity index (χ2v) is 5.14. The summed E-state index contributed by atoms with van der Waals surface area (Å²) in [6.07, 6.45) is 6.12. The number of nitrogens with zero attached hydrogens (tertiary/aromatic N) is 2. The molecule has 1 amide bonds. The van der Waals surface area contributed by atoms with Gasteiger partial charge in [0, 0.05) is 30.9 Å². The van der Waals surface area contributed by atoms with E-state index in [2.05, 4.69) is 29.0 Å². The monoisotopic (exact) mass is 261 g/mol. The molecule has 1 aromatic rings. The highest BCUT2D eigenvalue weighted by atomic mass is 16.1. The average molecular weight is 261 g/mol. The SMILES string of the molecule is CCCN(CCC)c1cc(C(=O)NC2CC2)ccn1. The minimum Gasteiger partial charge on any atom is -0.357 e. The second-order valence-electron chi connectivity index (χ2n) is 5.14. The Morgan fingerprint density at radius 2 is 2.05 bits per heavy atom. The third-order valence-corrected chi connectivity index (χ3v) is 3.23. The minimum atomic E-state index is 0.0269. The molecule has 1 N–H and O–H groups in total. The Morgan fingerprint density at radius 1 is 1.37 bits per heavy atom. The third-order valence-electron chi connectivity index (χ3n) is 3.23. The van der Waals surface area contributed by atoms with Gasteiger partial charge in [0.2, 0.25) is 0 Å². The molecule has 0 saturated heterocycles. The van der Waals surface area contributed by atoms with E-state index in [1.54, 1.807) is 12.3 Å². The van der Waals surface area contributed by atoms with Crippen LogP contribution < -0.4 is 10.2 Å². The number of carbonyl (C=O) groups excluding carboxylic acids is 1. The molecule has 1 heterocycles. The number of carbonyl (C=O) groups is 1. The molecule has 0 unspecified atom stereocenters. The summed E-state index contributed by atoms with van der Waals surface area (Å²) in [5, 5.41) is 3.02. The van der Waals surface area contributed by atoms with E-state index in [1.807, 2.05) is 6.07 Å². The van der Waals surface area contributed by atoms with Gasteiger partial charge in [-0.25, -0.2) is 4.98 Å². The molecule has 0 bridgehead atoms. The fraction of sp³-hybridized carbons (Fsp3) is 0.600. The van der Waals surface area contributed by atoms with Crippen LogP contribution in [-0.2, 0) is 0 Å². The van der Waals surface area contributed by atoms with E-state index in [1.165, 1.54) is 0 Å². The maximum Gasteiger partial charge on any atom is 0.251 e. The molecule has 4 heteroatoms. The van der Waals surface area contributed by atoms with Gasteiger partial charge in [0.25, 0.3) is 5.91 Å². The van der Waals surface area contributed by atoms with Crippen LogP contribution in [0.4, 0.5) is 5.82 Å². The summed E-state index contributed by atoms with van der Waals surface area (Å²) in [7, 11) is 0. The van der Waals surface area contributed by atoms with E-state index in [0.29, 0.717) is 11.6 Å². The number of pyridine rings is 1. The van der Waals surface area contributed by atoms with Crippen molar-refractivity contribution in [3.8, 4) is 0 Å². The molecule has 1 aliphatic rings. The van der Waals surface area contributed by atoms with Gasteiger partial charge in [-0.15, -0.1) is 0 Å². The molecule has 19 heavy (non-hydrogen) atoms. The van der Waals surface area contributed by atoms with E-state index in [0.717, 1.165) is 44.6 Å². The topological polar surface area (TPSA) is 45.2 Å². The van der Waals surface area contributed by atoms with Gasteiger partial charge in [0.05, 0.1) is 0 Å². The normalized spacial score (nSPS) is 14.2. The molecule has 1 aromatic heterocycles. The number of nitrogens with one attached hydrogen (secondary N) is 1. The molecule has 1 aliphatic carbocycles. The highest BCUT2D eigenvalue weighted by molar-refractivity contribution is 5.95. The van der Waals surface area contributed by atoms with Gasteiger partial charge in [0.15, 0.2) is 0 Å². The van der Waals surface area contributed by atoms with E-state index in [4.69, 9.17) is 0 Å². The first kappa shape index (κ1) is 13.8. The van der Waals surface area contributed by atoms with Crippen molar-refractivity contribution in [1.82, 2.24) is 10.3 Å². The fourth-order valence-corrected chi connectivity index (χ4v) is 2.11. The van der Waals surface area contributed by atoms with Crippen molar-refractivity contribution in [3.05, 3.63) is 23.9 Å². The van der Waals surface area contributed by atoms with Gasteiger partial charge >= 0.3 is 0 Å². The zero-order valence-electron chi connectivity index (χ0n) is 11.9. The van der Waals surface area contributed by atoms with Crippen molar-refractivity contribution in [2.75, 3.05) is 18.0 Å². The van der Waals surface area contributed by atoms with Crippen molar-refractivity contribution in [1.29, 1.82) is 0 Å². The Balaban J connectivity index is 2.09. The maximum absolute atomic E-state index is 12.0. The van der Waals surface area contributed by atoms with E-state index >= 15 is 0 Å². The summed E-state index contributed by atoms with van der Waals surface area (Å²) >= 11 is 0. The van der Waals surface area contributed by atoms with Crippen molar-refractivity contribution < 1.29 is 4.79 Å². The molecule has 0 radical (unpaired) electrons. The molecule has 0 aliphatic heterocycles. The summed E-state index contributed by atoms with van der Waals surface area (Å²) in [5.74, 6) is 0.936. The van der Waals surface area contributed by atoms with Gasteiger partial charge in [-0.3, -0.25) is 4.79 Å². The number of rotatable bonds is 7. The standard InChI is InChI=1S/C15H23N3O/c1-3-9-18(10-4-2)14-11-12(7-8-16-14)15(19)17-13-5-6-13/h7-8,11,13H,3-6,9-10H2,1-2H3,(H,17,19). The lowest BCUT2D eigenvalue weighted by Crippen LogP contribution is -2.28. The third kappa shape index (κ3) is 3.94. The first-order valence-electron chi connectivity index (χ1n) is 7.26. The van der Waals surface area contributed by atoms with E-state index < -0.39 is 0 Å². The molecule has 0 spiro atoms. The number of hydrogen-bond acceptors (Lipinski definition) is 3. The highest BCUT2D eigenvalue weighted by Gasteiger charge is 2.24. The Hall–Kier alpha value is -1.58. The van der Waals surface area contributed by atoms with E-state index in [9.17, 15) is 4.79 Å². The van der Waals surface area contributed by atoms with Crippen LogP contribution in [0.5, 0.6) is 0 Å². The molecular weight excluding hydrogens is 238 g/mol. The van der Waals surface area contributed by atoms with E-state index in [-0.39, 0.29) is 5.91 Å². The van der Waals surface area contributed by atoms with Gasteiger partial charge in [-0.05, 0) is 37.8 Å². The predicted octanol–water partition coefficient (Wildman–Crippen LogP) is 2.60. The van der Waals surface area contributed by atoms with Crippen molar-refractivity contribution in [2.45, 2.75) is 45.6 Å². The first-order chi connectivity index (χ1) is 9.24. The van der Waals surface area contributed by atoms with Gasteiger partial charge in [-0.1, -0.05) is 13.8 Å². The molecule has 1 saturated carbocycles. The molecule has 0 atom stereocenters. The van der Waals surface area contributed by atoms with Crippen LogP contribution in [0.25, 0.3) is 0 Å². The Labute approximate surface area is 115 Å². The van der Waals surface area contributed by atoms with Crippen LogP contribution in [-0.4, -0.2) is 30.0 Å². The molecule has 0 aromatic carbocycles.